The minimum atomic E-state index is -0.734. The summed E-state index contributed by atoms with van der Waals surface area (Å²) >= 11 is 0. The van der Waals surface area contributed by atoms with Crippen molar-refractivity contribution >= 4 is 11.5 Å². The fourth-order valence-electron chi connectivity index (χ4n) is 2.86. The first kappa shape index (κ1) is 18.4. The zero-order valence-corrected chi connectivity index (χ0v) is 15.0. The van der Waals surface area contributed by atoms with Crippen LogP contribution in [-0.2, 0) is 0 Å². The Morgan fingerprint density at radius 1 is 1.04 bits per heavy atom. The van der Waals surface area contributed by atoms with Gasteiger partial charge in [0, 0.05) is 12.1 Å². The highest BCUT2D eigenvalue weighted by Gasteiger charge is 2.11. The molecule has 0 bridgehead atoms. The monoisotopic (exact) mass is 356 g/mol. The molecule has 0 fully saturated rings. The van der Waals surface area contributed by atoms with Gasteiger partial charge in [0.05, 0.1) is 17.4 Å². The van der Waals surface area contributed by atoms with Crippen molar-refractivity contribution < 1.29 is 9.90 Å². The number of aliphatic hydroxyl groups is 1. The summed E-state index contributed by atoms with van der Waals surface area (Å²) in [7, 11) is 0. The Hall–Kier alpha value is -3.42. The zero-order chi connectivity index (χ0) is 19.2. The highest BCUT2D eigenvalue weighted by atomic mass is 16.3. The molecule has 4 nitrogen and oxygen atoms in total. The van der Waals surface area contributed by atoms with E-state index in [0.717, 1.165) is 16.7 Å². The van der Waals surface area contributed by atoms with Crippen LogP contribution in [-0.4, -0.2) is 17.4 Å². The van der Waals surface area contributed by atoms with Gasteiger partial charge in [-0.1, -0.05) is 54.6 Å². The van der Waals surface area contributed by atoms with Crippen LogP contribution in [0.15, 0.2) is 72.8 Å². The molecule has 0 aromatic heterocycles. The van der Waals surface area contributed by atoms with Gasteiger partial charge >= 0.3 is 0 Å². The normalized spacial score (nSPS) is 11.4. The Balaban J connectivity index is 1.71. The Morgan fingerprint density at radius 2 is 1.70 bits per heavy atom. The molecule has 0 saturated heterocycles. The number of rotatable bonds is 6. The largest absolute Gasteiger partial charge is 0.387 e. The van der Waals surface area contributed by atoms with Gasteiger partial charge in [-0.15, -0.1) is 0 Å². The van der Waals surface area contributed by atoms with Gasteiger partial charge in [0.2, 0.25) is 0 Å². The summed E-state index contributed by atoms with van der Waals surface area (Å²) < 4.78 is 0. The highest BCUT2D eigenvalue weighted by Crippen LogP contribution is 2.23. The van der Waals surface area contributed by atoms with Crippen LogP contribution in [0.5, 0.6) is 0 Å². The van der Waals surface area contributed by atoms with E-state index in [9.17, 15) is 15.2 Å². The maximum atomic E-state index is 11.5. The van der Waals surface area contributed by atoms with Gasteiger partial charge in [0.25, 0.3) is 0 Å². The lowest BCUT2D eigenvalue weighted by atomic mass is 10.0. The second kappa shape index (κ2) is 8.31. The molecule has 134 valence electrons. The van der Waals surface area contributed by atoms with Crippen LogP contribution in [0.2, 0.25) is 0 Å². The number of hydrogen-bond acceptors (Lipinski definition) is 4. The first-order valence-electron chi connectivity index (χ1n) is 8.71. The molecule has 2 N–H and O–H groups in total. The number of hydrogen-bond donors (Lipinski definition) is 2. The third-order valence-electron chi connectivity index (χ3n) is 4.43. The zero-order valence-electron chi connectivity index (χ0n) is 15.0. The van der Waals surface area contributed by atoms with Gasteiger partial charge in [0.1, 0.15) is 6.07 Å². The van der Waals surface area contributed by atoms with Crippen LogP contribution in [0.25, 0.3) is 11.1 Å². The number of nitrogens with one attached hydrogen (secondary N) is 1. The number of benzene rings is 3. The first-order chi connectivity index (χ1) is 13.1. The van der Waals surface area contributed by atoms with Crippen LogP contribution in [0.4, 0.5) is 5.69 Å². The molecule has 0 aliphatic heterocycles. The Bertz CT molecular complexity index is 974. The topological polar surface area (TPSA) is 73.1 Å². The molecule has 1 unspecified atom stereocenters. The van der Waals surface area contributed by atoms with E-state index in [1.807, 2.05) is 54.6 Å². The lowest BCUT2D eigenvalue weighted by Gasteiger charge is -2.15. The lowest BCUT2D eigenvalue weighted by Crippen LogP contribution is -2.13. The number of carbonyl (C=O) groups excluding carboxylic acids is 1. The van der Waals surface area contributed by atoms with Crippen LogP contribution in [0, 0.1) is 11.3 Å². The minimum absolute atomic E-state index is 0.0698. The molecule has 0 saturated carbocycles. The number of nitrogens with zero attached hydrogens (tertiary/aromatic N) is 1. The number of anilines is 1. The van der Waals surface area contributed by atoms with Gasteiger partial charge < -0.3 is 10.4 Å². The quantitative estimate of drug-likeness (QED) is 0.634. The SMILES string of the molecule is CC(=O)c1ccc(C#N)c(NCC(O)c2ccc(-c3ccccc3)cc2)c1. The molecular formula is C23H20N2O2. The second-order valence-electron chi connectivity index (χ2n) is 6.31. The third-order valence-corrected chi connectivity index (χ3v) is 4.43. The van der Waals surface area contributed by atoms with Crippen molar-refractivity contribution in [3.8, 4) is 17.2 Å². The Kier molecular flexibility index (Phi) is 5.65. The van der Waals surface area contributed by atoms with Gasteiger partial charge in [-0.05, 0) is 41.8 Å². The molecule has 4 heteroatoms. The molecule has 0 amide bonds. The Labute approximate surface area is 158 Å². The fourth-order valence-corrected chi connectivity index (χ4v) is 2.86. The van der Waals surface area contributed by atoms with E-state index in [1.54, 1.807) is 18.2 Å². The van der Waals surface area contributed by atoms with Crippen molar-refractivity contribution in [2.24, 2.45) is 0 Å². The van der Waals surface area contributed by atoms with E-state index in [0.29, 0.717) is 16.8 Å². The smallest absolute Gasteiger partial charge is 0.159 e. The molecule has 27 heavy (non-hydrogen) atoms. The molecule has 0 heterocycles. The van der Waals surface area contributed by atoms with E-state index in [1.165, 1.54) is 6.92 Å². The average molecular weight is 356 g/mol. The van der Waals surface area contributed by atoms with E-state index in [-0.39, 0.29) is 12.3 Å². The average Bonchev–Trinajstić information content (AvgIpc) is 2.72. The summed E-state index contributed by atoms with van der Waals surface area (Å²) in [6, 6.07) is 24.8. The molecule has 0 radical (unpaired) electrons. The first-order valence-corrected chi connectivity index (χ1v) is 8.71. The minimum Gasteiger partial charge on any atom is -0.387 e. The van der Waals surface area contributed by atoms with E-state index in [2.05, 4.69) is 11.4 Å². The standard InChI is InChI=1S/C23H20N2O2/c1-16(26)20-11-12-21(14-24)22(13-20)25-15-23(27)19-9-7-18(8-10-19)17-5-3-2-4-6-17/h2-13,23,25,27H,15H2,1H3. The lowest BCUT2D eigenvalue weighted by molar-refractivity contribution is 0.101. The molecule has 1 atom stereocenters. The molecule has 3 aromatic rings. The van der Waals surface area contributed by atoms with Crippen molar-refractivity contribution in [1.82, 2.24) is 0 Å². The maximum absolute atomic E-state index is 11.5. The number of aliphatic hydroxyl groups excluding tert-OH is 1. The summed E-state index contributed by atoms with van der Waals surface area (Å²) in [5.41, 5.74) is 4.50. The third kappa shape index (κ3) is 4.41. The Morgan fingerprint density at radius 3 is 2.33 bits per heavy atom. The summed E-state index contributed by atoms with van der Waals surface area (Å²) in [5.74, 6) is -0.0698. The van der Waals surface area contributed by atoms with Gasteiger partial charge in [-0.2, -0.15) is 5.26 Å². The van der Waals surface area contributed by atoms with Crippen molar-refractivity contribution in [1.29, 1.82) is 5.26 Å². The van der Waals surface area contributed by atoms with E-state index in [4.69, 9.17) is 0 Å². The summed E-state index contributed by atoms with van der Waals surface area (Å²) in [6.07, 6.45) is -0.734. The fraction of sp³-hybridized carbons (Fsp3) is 0.130. The second-order valence-corrected chi connectivity index (χ2v) is 6.31. The van der Waals surface area contributed by atoms with Gasteiger partial charge in [0.15, 0.2) is 5.78 Å². The number of carbonyl (C=O) groups is 1. The summed E-state index contributed by atoms with van der Waals surface area (Å²) in [5, 5.41) is 22.8. The van der Waals surface area contributed by atoms with Crippen molar-refractivity contribution in [3.05, 3.63) is 89.5 Å². The molecule has 3 aromatic carbocycles. The predicted molar refractivity (Wildman–Crippen MR) is 106 cm³/mol. The van der Waals surface area contributed by atoms with Crippen LogP contribution in [0.3, 0.4) is 0 Å². The van der Waals surface area contributed by atoms with E-state index >= 15 is 0 Å². The number of nitriles is 1. The van der Waals surface area contributed by atoms with Crippen LogP contribution < -0.4 is 5.32 Å². The van der Waals surface area contributed by atoms with Crippen molar-refractivity contribution in [2.45, 2.75) is 13.0 Å². The van der Waals surface area contributed by atoms with Crippen LogP contribution in [0.1, 0.15) is 34.5 Å². The predicted octanol–water partition coefficient (Wildman–Crippen LogP) is 4.57. The molecule has 3 rings (SSSR count). The molecule has 0 aliphatic carbocycles. The summed E-state index contributed by atoms with van der Waals surface area (Å²) in [4.78, 5) is 11.5. The van der Waals surface area contributed by atoms with Crippen molar-refractivity contribution in [2.75, 3.05) is 11.9 Å². The molecule has 0 spiro atoms. The maximum Gasteiger partial charge on any atom is 0.159 e. The van der Waals surface area contributed by atoms with Crippen LogP contribution >= 0.6 is 0 Å². The van der Waals surface area contributed by atoms with Gasteiger partial charge in [-0.25, -0.2) is 0 Å². The highest BCUT2D eigenvalue weighted by molar-refractivity contribution is 5.95. The number of Topliss-reactive ketones (excluding diaryl/α,β-unsaturated/α-hetero) is 1. The van der Waals surface area contributed by atoms with Crippen molar-refractivity contribution in [3.63, 3.8) is 0 Å². The van der Waals surface area contributed by atoms with E-state index < -0.39 is 6.10 Å². The number of ketones is 1. The summed E-state index contributed by atoms with van der Waals surface area (Å²) in [6.45, 7) is 1.72. The molecule has 0 aliphatic rings. The van der Waals surface area contributed by atoms with Gasteiger partial charge in [-0.3, -0.25) is 4.79 Å². The molecular weight excluding hydrogens is 336 g/mol.